The normalized spacial score (nSPS) is 14.4. The van der Waals surface area contributed by atoms with Crippen molar-refractivity contribution in [1.82, 2.24) is 0 Å². The maximum Gasteiger partial charge on any atom is 0.405 e. The smallest absolute Gasteiger partial charge is 0.405 e. The third kappa shape index (κ3) is 9.12. The van der Waals surface area contributed by atoms with Gasteiger partial charge >= 0.3 is 14.3 Å². The number of nitrogens with two attached hydrogens (primary N) is 1. The van der Waals surface area contributed by atoms with Gasteiger partial charge in [0, 0.05) is 6.42 Å². The summed E-state index contributed by atoms with van der Waals surface area (Å²) in [7, 11) is -3.06. The molecule has 0 spiro atoms. The molecule has 0 radical (unpaired) electrons. The quantitative estimate of drug-likeness (QED) is 0.534. The Morgan fingerprint density at radius 3 is 2.29 bits per heavy atom. The van der Waals surface area contributed by atoms with Crippen LogP contribution in [0, 0.1) is 0 Å². The van der Waals surface area contributed by atoms with Crippen molar-refractivity contribution in [1.29, 1.82) is 0 Å². The highest BCUT2D eigenvalue weighted by Crippen LogP contribution is 2.27. The van der Waals surface area contributed by atoms with Gasteiger partial charge < -0.3 is 20.1 Å². The second-order valence-corrected chi connectivity index (χ2v) is 5.28. The highest BCUT2D eigenvalue weighted by atomic mass is 31.1. The maximum atomic E-state index is 10.6. The average Bonchev–Trinajstić information content (AvgIpc) is 1.96. The van der Waals surface area contributed by atoms with Gasteiger partial charge in [-0.1, -0.05) is 0 Å². The third-order valence-electron chi connectivity index (χ3n) is 1.86. The van der Waals surface area contributed by atoms with E-state index >= 15 is 0 Å². The average molecular weight is 269 g/mol. The molecule has 102 valence electrons. The lowest BCUT2D eigenvalue weighted by Crippen LogP contribution is -2.34. The summed E-state index contributed by atoms with van der Waals surface area (Å²) in [6.07, 6.45) is -0.472. The first-order valence-electron chi connectivity index (χ1n) is 5.08. The number of ether oxygens (including phenoxy) is 2. The van der Waals surface area contributed by atoms with E-state index < -0.39 is 25.7 Å². The fourth-order valence-electron chi connectivity index (χ4n) is 1.11. The lowest BCUT2D eigenvalue weighted by molar-refractivity contribution is -0.163. The summed E-state index contributed by atoms with van der Waals surface area (Å²) in [6.45, 7) is 6.61. The predicted molar refractivity (Wildman–Crippen MR) is 61.7 cm³/mol. The van der Waals surface area contributed by atoms with E-state index in [1.54, 1.807) is 13.8 Å². The Bertz CT molecular complexity index is 263. The van der Waals surface area contributed by atoms with Crippen molar-refractivity contribution in [3.8, 4) is 0 Å². The molecule has 1 amide bonds. The Hall–Kier alpha value is -0.620. The molecule has 0 saturated carbocycles. The molecule has 0 aliphatic carbocycles. The van der Waals surface area contributed by atoms with Crippen LogP contribution >= 0.6 is 8.25 Å². The van der Waals surface area contributed by atoms with Gasteiger partial charge in [0.15, 0.2) is 5.79 Å². The van der Waals surface area contributed by atoms with Gasteiger partial charge in [-0.3, -0.25) is 9.09 Å². The number of hydrogen-bond acceptors (Lipinski definition) is 5. The van der Waals surface area contributed by atoms with Crippen LogP contribution in [-0.4, -0.2) is 29.0 Å². The van der Waals surface area contributed by atoms with E-state index in [1.807, 2.05) is 0 Å². The van der Waals surface area contributed by atoms with E-state index in [4.69, 9.17) is 20.1 Å². The second-order valence-electron chi connectivity index (χ2n) is 4.55. The molecule has 0 aliphatic rings. The van der Waals surface area contributed by atoms with Crippen molar-refractivity contribution >= 4 is 14.3 Å². The van der Waals surface area contributed by atoms with Crippen LogP contribution in [0.4, 0.5) is 4.79 Å². The molecular formula is C9H20NO6P. The first kappa shape index (κ1) is 16.4. The molecule has 0 aromatic heterocycles. The molecular weight excluding hydrogens is 249 g/mol. The summed E-state index contributed by atoms with van der Waals surface area (Å²) in [5.41, 5.74) is 4.15. The number of carbonyl (C=O) groups is 1. The molecule has 17 heavy (non-hydrogen) atoms. The van der Waals surface area contributed by atoms with Gasteiger partial charge in [0.25, 0.3) is 0 Å². The lowest BCUT2D eigenvalue weighted by atomic mass is 10.1. The summed E-state index contributed by atoms with van der Waals surface area (Å²) >= 11 is 0. The first-order chi connectivity index (χ1) is 7.54. The van der Waals surface area contributed by atoms with Gasteiger partial charge in [-0.25, -0.2) is 4.79 Å². The molecule has 0 heterocycles. The molecule has 7 nitrogen and oxygen atoms in total. The van der Waals surface area contributed by atoms with Crippen LogP contribution in [0.25, 0.3) is 0 Å². The van der Waals surface area contributed by atoms with Crippen LogP contribution in [0.1, 0.15) is 34.1 Å². The van der Waals surface area contributed by atoms with Crippen molar-refractivity contribution in [2.45, 2.75) is 45.5 Å². The van der Waals surface area contributed by atoms with Crippen molar-refractivity contribution in [2.24, 2.45) is 5.73 Å². The van der Waals surface area contributed by atoms with Gasteiger partial charge in [-0.15, -0.1) is 0 Å². The molecule has 3 N–H and O–H groups in total. The molecule has 1 atom stereocenters. The number of carbonyl (C=O) groups excluding carboxylic acids is 1. The molecule has 0 saturated heterocycles. The molecule has 0 aliphatic heterocycles. The Morgan fingerprint density at radius 1 is 1.35 bits per heavy atom. The maximum absolute atomic E-state index is 10.6. The Morgan fingerprint density at radius 2 is 1.88 bits per heavy atom. The van der Waals surface area contributed by atoms with E-state index in [2.05, 4.69) is 4.52 Å². The van der Waals surface area contributed by atoms with Crippen LogP contribution in [0.5, 0.6) is 0 Å². The molecule has 0 fully saturated rings. The Kier molecular flexibility index (Phi) is 6.12. The molecule has 0 rings (SSSR count). The summed E-state index contributed by atoms with van der Waals surface area (Å²) < 4.78 is 25.3. The Labute approximate surface area is 101 Å². The van der Waals surface area contributed by atoms with Gasteiger partial charge in [0.1, 0.15) is 5.60 Å². The zero-order valence-electron chi connectivity index (χ0n) is 10.5. The molecule has 1 unspecified atom stereocenters. The molecule has 0 aromatic rings. The van der Waals surface area contributed by atoms with E-state index in [0.717, 1.165) is 0 Å². The van der Waals surface area contributed by atoms with Crippen LogP contribution in [0.3, 0.4) is 0 Å². The minimum Gasteiger partial charge on any atom is -0.444 e. The second kappa shape index (κ2) is 6.35. The SMILES string of the molecule is CC(C)(CCOC(C)(C)O[PH](=O)O)OC(N)=O. The molecule has 0 aromatic carbocycles. The van der Waals surface area contributed by atoms with Crippen LogP contribution < -0.4 is 5.73 Å². The minimum atomic E-state index is -3.06. The van der Waals surface area contributed by atoms with E-state index in [9.17, 15) is 9.36 Å². The minimum absolute atomic E-state index is 0.197. The van der Waals surface area contributed by atoms with Gasteiger partial charge in [-0.2, -0.15) is 0 Å². The predicted octanol–water partition coefficient (Wildman–Crippen LogP) is 1.40. The summed E-state index contributed by atoms with van der Waals surface area (Å²) in [4.78, 5) is 19.2. The topological polar surface area (TPSA) is 108 Å². The summed E-state index contributed by atoms with van der Waals surface area (Å²) in [5.74, 6) is -1.16. The number of amides is 1. The largest absolute Gasteiger partial charge is 0.444 e. The zero-order valence-corrected chi connectivity index (χ0v) is 11.5. The standard InChI is InChI=1S/C9H20NO6P/c1-8(2,15-7(10)11)5-6-14-9(3,4)16-17(12)13/h17H,5-6H2,1-4H3,(H2,10,11)(H,12,13). The van der Waals surface area contributed by atoms with Crippen molar-refractivity contribution in [3.63, 3.8) is 0 Å². The van der Waals surface area contributed by atoms with Gasteiger partial charge in [0.2, 0.25) is 0 Å². The summed E-state index contributed by atoms with van der Waals surface area (Å²) in [6, 6.07) is 0. The van der Waals surface area contributed by atoms with Crippen molar-refractivity contribution in [3.05, 3.63) is 0 Å². The lowest BCUT2D eigenvalue weighted by Gasteiger charge is -2.28. The van der Waals surface area contributed by atoms with Gasteiger partial charge in [-0.05, 0) is 27.7 Å². The van der Waals surface area contributed by atoms with Crippen LogP contribution in [0.15, 0.2) is 0 Å². The zero-order chi connectivity index (χ0) is 13.7. The fourth-order valence-corrected chi connectivity index (χ4v) is 1.59. The number of primary amides is 1. The molecule has 0 bridgehead atoms. The Balaban J connectivity index is 4.05. The van der Waals surface area contributed by atoms with E-state index in [0.29, 0.717) is 6.42 Å². The highest BCUT2D eigenvalue weighted by Gasteiger charge is 2.25. The van der Waals surface area contributed by atoms with E-state index in [1.165, 1.54) is 13.8 Å². The third-order valence-corrected chi connectivity index (χ3v) is 2.53. The number of hydrogen-bond donors (Lipinski definition) is 2. The van der Waals surface area contributed by atoms with E-state index in [-0.39, 0.29) is 6.61 Å². The highest BCUT2D eigenvalue weighted by molar-refractivity contribution is 7.32. The summed E-state index contributed by atoms with van der Waals surface area (Å²) in [5, 5.41) is 0. The van der Waals surface area contributed by atoms with Crippen molar-refractivity contribution in [2.75, 3.05) is 6.61 Å². The number of rotatable bonds is 7. The van der Waals surface area contributed by atoms with Crippen LogP contribution in [0.2, 0.25) is 0 Å². The van der Waals surface area contributed by atoms with Gasteiger partial charge in [0.05, 0.1) is 6.61 Å². The van der Waals surface area contributed by atoms with Crippen LogP contribution in [-0.2, 0) is 18.6 Å². The first-order valence-corrected chi connectivity index (χ1v) is 6.35. The molecule has 8 heteroatoms. The monoisotopic (exact) mass is 269 g/mol. The fraction of sp³-hybridized carbons (Fsp3) is 0.889. The van der Waals surface area contributed by atoms with Crippen molar-refractivity contribution < 1.29 is 28.3 Å².